The number of carbonyl (C=O) groups excluding carboxylic acids is 4. The van der Waals surface area contributed by atoms with Crippen LogP contribution in [0.1, 0.15) is 169 Å². The van der Waals surface area contributed by atoms with E-state index in [1.165, 1.54) is 13.8 Å². The maximum absolute atomic E-state index is 14.3. The molecule has 31 atom stereocenters. The fourth-order valence-corrected chi connectivity index (χ4v) is 19.2. The summed E-state index contributed by atoms with van der Waals surface area (Å²) in [7, 11) is 6.82. The molecule has 0 unspecified atom stereocenters. The van der Waals surface area contributed by atoms with Gasteiger partial charge < -0.3 is 96.5 Å². The van der Waals surface area contributed by atoms with E-state index in [1.54, 1.807) is 76.3 Å². The molecule has 10 heterocycles. The Hall–Kier alpha value is -5.36. The van der Waals surface area contributed by atoms with Crippen LogP contribution in [0.2, 0.25) is 0 Å². The van der Waals surface area contributed by atoms with Crippen LogP contribution in [-0.2, 0) is 85.5 Å². The van der Waals surface area contributed by atoms with Gasteiger partial charge in [-0.15, -0.1) is 0 Å². The first-order valence-corrected chi connectivity index (χ1v) is 40.6. The van der Waals surface area contributed by atoms with Gasteiger partial charge in [-0.25, -0.2) is 0 Å². The Bertz CT molecular complexity index is 3650. The lowest BCUT2D eigenvalue weighted by Crippen LogP contribution is -2.58. The van der Waals surface area contributed by atoms with E-state index in [1.807, 2.05) is 64.2 Å². The van der Waals surface area contributed by atoms with Crippen LogP contribution in [0.3, 0.4) is 0 Å². The largest absolute Gasteiger partial charge is 0.462 e. The summed E-state index contributed by atoms with van der Waals surface area (Å²) in [5.74, 6) is -5.18. The third kappa shape index (κ3) is 18.1. The Morgan fingerprint density at radius 3 is 1.33 bits per heavy atom. The molecule has 4 N–H and O–H groups in total. The molecule has 24 heteroatoms. The summed E-state index contributed by atoms with van der Waals surface area (Å²) in [6, 6.07) is -0.535. The maximum atomic E-state index is 14.3. The van der Waals surface area contributed by atoms with Gasteiger partial charge in [0.25, 0.3) is 0 Å². The number of aliphatic hydroxyl groups excluding tert-OH is 2. The summed E-state index contributed by atoms with van der Waals surface area (Å²) in [5, 5.41) is 47.1. The van der Waals surface area contributed by atoms with E-state index in [0.717, 1.165) is 17.6 Å². The van der Waals surface area contributed by atoms with Crippen LogP contribution in [0.15, 0.2) is 119 Å². The molecule has 24 nitrogen and oxygen atoms in total. The zero-order chi connectivity index (χ0) is 80.7. The third-order valence-electron chi connectivity index (χ3n) is 25.9. The minimum absolute atomic E-state index is 0.0403. The monoisotopic (exact) mass is 1550 g/mol. The van der Waals surface area contributed by atoms with Crippen molar-refractivity contribution in [3.05, 3.63) is 119 Å². The van der Waals surface area contributed by atoms with Crippen LogP contribution in [0.25, 0.3) is 0 Å². The first-order valence-electron chi connectivity index (χ1n) is 40.6. The number of hydrogen-bond donors (Lipinski definition) is 4. The van der Waals surface area contributed by atoms with E-state index in [-0.39, 0.29) is 121 Å². The van der Waals surface area contributed by atoms with Crippen molar-refractivity contribution in [3.63, 3.8) is 0 Å². The molecule has 12 aliphatic rings. The molecular weight excluding hydrogens is 1420 g/mol. The van der Waals surface area contributed by atoms with Gasteiger partial charge in [0.1, 0.15) is 59.7 Å². The average Bonchev–Trinajstić information content (AvgIpc) is 1.61. The number of methoxy groups -OCH3 is 2. The minimum Gasteiger partial charge on any atom is -0.462 e. The molecular formula is C87H128N2O22. The summed E-state index contributed by atoms with van der Waals surface area (Å²) >= 11 is 0. The summed E-state index contributed by atoms with van der Waals surface area (Å²) in [6.45, 7) is 31.6. The number of amides is 2. The predicted octanol–water partition coefficient (Wildman–Crippen LogP) is 10.3. The normalized spacial score (nSPS) is 46.1. The van der Waals surface area contributed by atoms with Crippen molar-refractivity contribution < 1.29 is 106 Å². The Balaban J connectivity index is 0.000000220. The van der Waals surface area contributed by atoms with Gasteiger partial charge in [-0.3, -0.25) is 19.2 Å². The second kappa shape index (κ2) is 35.6. The number of rotatable bonds is 11. The van der Waals surface area contributed by atoms with Crippen molar-refractivity contribution in [2.75, 3.05) is 41.5 Å². The molecule has 12 rings (SSSR count). The molecule has 0 saturated carbocycles. The Morgan fingerprint density at radius 2 is 0.955 bits per heavy atom. The fraction of sp³-hybridized carbons (Fsp3) is 0.724. The lowest BCUT2D eigenvalue weighted by atomic mass is 9.71. The molecule has 2 amide bonds. The van der Waals surface area contributed by atoms with Crippen LogP contribution < -0.4 is 0 Å². The number of likely N-dealkylation sites (N-methyl/N-ethyl adjacent to an activating group) is 2. The molecule has 4 bridgehead atoms. The topological polar surface area (TPSA) is 285 Å². The third-order valence-corrected chi connectivity index (χ3v) is 25.9. The van der Waals surface area contributed by atoms with Crippen molar-refractivity contribution in [2.24, 2.45) is 47.3 Å². The lowest BCUT2D eigenvalue weighted by Gasteiger charge is -2.48. The number of aliphatic hydroxyl groups is 4. The molecule has 111 heavy (non-hydrogen) atoms. The molecule has 6 fully saturated rings. The quantitative estimate of drug-likeness (QED) is 0.110. The Labute approximate surface area is 657 Å². The van der Waals surface area contributed by atoms with Gasteiger partial charge >= 0.3 is 11.9 Å². The first-order chi connectivity index (χ1) is 52.5. The van der Waals surface area contributed by atoms with Gasteiger partial charge in [0, 0.05) is 104 Å². The van der Waals surface area contributed by atoms with Crippen LogP contribution in [0.5, 0.6) is 0 Å². The highest BCUT2D eigenvalue weighted by Crippen LogP contribution is 2.50. The van der Waals surface area contributed by atoms with Gasteiger partial charge in [-0.1, -0.05) is 135 Å². The zero-order valence-corrected chi connectivity index (χ0v) is 69.1. The molecule has 0 aromatic carbocycles. The molecule has 0 radical (unpaired) electrons. The highest BCUT2D eigenvalue weighted by Gasteiger charge is 2.62. The number of ether oxygens (including phenoxy) is 14. The standard InChI is InChI=1S/C44H65NO11.C43H63NO11/c1-11-24(2)40-27(5)17-18-43(56-40)22-33-20-32(55-43)16-15-26(4)39(54-36-21-35(50-10)37(29(7)52-36)45(9)30(8)46)25(3)13-12-14-31-23-51-41-38(47)28(6)19-34(42(48)53-33)44(31,41)49;1-23(2)38-26(5)16-17-42(55-38)21-32-19-31(54-42)15-14-25(4)39(53-35-20-34(49-10)36(28(7)51-35)44(9)29(8)45)24(3)12-11-13-30-22-50-40-37(46)27(6)18-33(41(47)52-32)43(30,40)48/h12-15,17-19,24-25,27,29,32-41,47,49H,11,16,20-23H2,1-10H3;11-14,16-18,23-24,26,28,31-40,46,48H,15,19-22H2,1-10H3/b13-12+,26-15+,31-14+;12-11+,25-14+,30-13+/t24-,25-,27-,29-,32+,33-,34-,35-,36-,37-,38+,39-,40+,41+,43+,44+;24-,26-,28-,31+,32-,33-,34-,35-,36-,37+,38+,39-,40+,42+,43+/m00/s1. The number of esters is 2. The van der Waals surface area contributed by atoms with Crippen molar-refractivity contribution in [1.29, 1.82) is 0 Å². The van der Waals surface area contributed by atoms with Gasteiger partial charge in [-0.2, -0.15) is 0 Å². The number of nitrogens with zero attached hydrogens (tertiary/aromatic N) is 2. The van der Waals surface area contributed by atoms with E-state index in [4.69, 9.17) is 66.3 Å². The van der Waals surface area contributed by atoms with E-state index in [2.05, 4.69) is 79.7 Å². The van der Waals surface area contributed by atoms with E-state index in [0.29, 0.717) is 73.7 Å². The molecule has 10 aliphatic heterocycles. The number of allylic oxidation sites excluding steroid dienone is 4. The van der Waals surface area contributed by atoms with E-state index >= 15 is 0 Å². The minimum atomic E-state index is -1.82. The lowest BCUT2D eigenvalue weighted by molar-refractivity contribution is -0.300. The second-order valence-corrected chi connectivity index (χ2v) is 34.3. The SMILES string of the molecule is CC[C@H](C)[C@H]1O[C@]2(C=C[C@@H]1C)C[C@@H]1C[C@@H](C/C=C(\C)[C@@H](O[C@H]3C[C@H](OC)[C@@H](N(C)C(C)=O)[C@H](C)O3)[C@@H](C)/C=C/C=C3\CO[C@@H]4[C@H](O)C(C)=C[C@@H](C(=O)O1)[C@]34O)O2.CO[C@H]1C[C@H](O[C@@H]2/C(C)=C/C[C@@H]3C[C@@H](C[C@]4(C=C[C@H](C)[C@@H](C(C)C)O4)O3)OC(=O)[C@@H]3C=C(C)[C@@H](O)[C@H]4OC/C(=C\C=C\[C@@H]2C)[C@]43O)O[C@@H](C)[C@@H]1N(C)C(C)=O. The van der Waals surface area contributed by atoms with E-state index in [9.17, 15) is 39.6 Å². The molecule has 618 valence electrons. The van der Waals surface area contributed by atoms with Crippen molar-refractivity contribution in [1.82, 2.24) is 9.80 Å². The highest BCUT2D eigenvalue weighted by atomic mass is 16.7. The van der Waals surface area contributed by atoms with Crippen molar-refractivity contribution in [3.8, 4) is 0 Å². The molecule has 0 aromatic heterocycles. The number of fused-ring (bicyclic) bond motifs is 4. The summed E-state index contributed by atoms with van der Waals surface area (Å²) in [6.07, 6.45) is 21.5. The maximum Gasteiger partial charge on any atom is 0.316 e. The smallest absolute Gasteiger partial charge is 0.316 e. The van der Waals surface area contributed by atoms with E-state index < -0.39 is 108 Å². The molecule has 2 spiro atoms. The Kier molecular flexibility index (Phi) is 27.8. The van der Waals surface area contributed by atoms with Crippen LogP contribution in [0.4, 0.5) is 0 Å². The summed E-state index contributed by atoms with van der Waals surface area (Å²) in [4.78, 5) is 56.5. The van der Waals surface area contributed by atoms with Gasteiger partial charge in [0.15, 0.2) is 24.2 Å². The molecule has 6 saturated heterocycles. The average molecular weight is 1550 g/mol. The highest BCUT2D eigenvalue weighted by molar-refractivity contribution is 5.80. The second-order valence-electron chi connectivity index (χ2n) is 34.3. The van der Waals surface area contributed by atoms with Crippen molar-refractivity contribution in [2.45, 2.75) is 314 Å². The molecule has 2 aliphatic carbocycles. The van der Waals surface area contributed by atoms with Crippen LogP contribution >= 0.6 is 0 Å². The van der Waals surface area contributed by atoms with Gasteiger partial charge in [-0.05, 0) is 112 Å². The first kappa shape index (κ1) is 86.5. The predicted molar refractivity (Wildman–Crippen MR) is 413 cm³/mol. The Morgan fingerprint density at radius 1 is 0.559 bits per heavy atom. The van der Waals surface area contributed by atoms with Gasteiger partial charge in [0.05, 0.1) is 86.3 Å². The van der Waals surface area contributed by atoms with Gasteiger partial charge in [0.2, 0.25) is 11.8 Å². The van der Waals surface area contributed by atoms with Crippen LogP contribution in [-0.4, -0.2) is 241 Å². The molecule has 0 aromatic rings. The fourth-order valence-electron chi connectivity index (χ4n) is 19.2. The van der Waals surface area contributed by atoms with Crippen LogP contribution in [0, 0.1) is 47.3 Å². The summed E-state index contributed by atoms with van der Waals surface area (Å²) in [5.41, 5.74) is 0.333. The number of hydrogen-bond acceptors (Lipinski definition) is 22. The summed E-state index contributed by atoms with van der Waals surface area (Å²) < 4.78 is 90.3. The zero-order valence-electron chi connectivity index (χ0n) is 69.1. The number of carbonyl (C=O) groups is 4. The van der Waals surface area contributed by atoms with Crippen molar-refractivity contribution >= 4 is 23.8 Å².